The largest absolute Gasteiger partial charge is 0.396 e. The molecule has 0 aromatic carbocycles. The molecule has 3 N–H and O–H groups in total. The number of nitrogen functional groups attached to an aromatic ring is 1. The van der Waals surface area contributed by atoms with Gasteiger partial charge in [-0.3, -0.25) is 14.2 Å². The van der Waals surface area contributed by atoms with Gasteiger partial charge in [0.05, 0.1) is 18.4 Å². The summed E-state index contributed by atoms with van der Waals surface area (Å²) in [7, 11) is 1.77. The van der Waals surface area contributed by atoms with Gasteiger partial charge in [-0.1, -0.05) is 0 Å². The Kier molecular flexibility index (Phi) is 3.08. The summed E-state index contributed by atoms with van der Waals surface area (Å²) in [6.07, 6.45) is 5.01. The van der Waals surface area contributed by atoms with Gasteiger partial charge in [0.15, 0.2) is 0 Å². The Morgan fingerprint density at radius 1 is 1.59 bits per heavy atom. The Hall–Kier alpha value is -2.31. The minimum atomic E-state index is -0.189. The van der Waals surface area contributed by atoms with Crippen LogP contribution in [0, 0.1) is 0 Å². The van der Waals surface area contributed by atoms with Crippen LogP contribution in [0.2, 0.25) is 0 Å². The van der Waals surface area contributed by atoms with E-state index in [2.05, 4.69) is 15.5 Å². The van der Waals surface area contributed by atoms with Crippen LogP contribution in [0.15, 0.2) is 24.7 Å². The SMILES string of the molecule is Cn1ccc(C(=O)NCCn2cc(N)cn2)n1. The van der Waals surface area contributed by atoms with Crippen molar-refractivity contribution in [1.29, 1.82) is 0 Å². The first-order valence-corrected chi connectivity index (χ1v) is 5.21. The fraction of sp³-hybridized carbons (Fsp3) is 0.300. The van der Waals surface area contributed by atoms with Gasteiger partial charge in [-0.15, -0.1) is 0 Å². The zero-order valence-electron chi connectivity index (χ0n) is 9.50. The molecule has 2 aromatic rings. The lowest BCUT2D eigenvalue weighted by atomic mass is 10.4. The standard InChI is InChI=1S/C10H14N6O/c1-15-4-2-9(14-15)10(17)12-3-5-16-7-8(11)6-13-16/h2,4,6-7H,3,5,11H2,1H3,(H,12,17). The number of carbonyl (C=O) groups is 1. The van der Waals surface area contributed by atoms with Crippen LogP contribution < -0.4 is 11.1 Å². The van der Waals surface area contributed by atoms with Gasteiger partial charge in [-0.2, -0.15) is 10.2 Å². The molecule has 2 rings (SSSR count). The molecular weight excluding hydrogens is 220 g/mol. The van der Waals surface area contributed by atoms with E-state index in [9.17, 15) is 4.79 Å². The first-order chi connectivity index (χ1) is 8.15. The quantitative estimate of drug-likeness (QED) is 0.755. The van der Waals surface area contributed by atoms with E-state index >= 15 is 0 Å². The molecule has 7 nitrogen and oxygen atoms in total. The number of nitrogens with one attached hydrogen (secondary N) is 1. The fourth-order valence-electron chi connectivity index (χ4n) is 1.41. The van der Waals surface area contributed by atoms with E-state index in [1.807, 2.05) is 0 Å². The lowest BCUT2D eigenvalue weighted by Crippen LogP contribution is -2.27. The molecule has 0 unspecified atom stereocenters. The molecule has 0 aliphatic heterocycles. The maximum Gasteiger partial charge on any atom is 0.271 e. The van der Waals surface area contributed by atoms with Crippen molar-refractivity contribution in [1.82, 2.24) is 24.9 Å². The number of nitrogens with zero attached hydrogens (tertiary/aromatic N) is 4. The summed E-state index contributed by atoms with van der Waals surface area (Å²) in [5.74, 6) is -0.189. The number of anilines is 1. The molecule has 0 atom stereocenters. The number of nitrogens with two attached hydrogens (primary N) is 1. The van der Waals surface area contributed by atoms with Gasteiger partial charge in [0.2, 0.25) is 0 Å². The second kappa shape index (κ2) is 4.69. The highest BCUT2D eigenvalue weighted by Gasteiger charge is 2.07. The number of amides is 1. The number of rotatable bonds is 4. The van der Waals surface area contributed by atoms with Crippen molar-refractivity contribution in [2.75, 3.05) is 12.3 Å². The predicted octanol–water partition coefficient (Wildman–Crippen LogP) is -0.371. The van der Waals surface area contributed by atoms with Crippen molar-refractivity contribution in [2.24, 2.45) is 7.05 Å². The summed E-state index contributed by atoms with van der Waals surface area (Å²) in [6, 6.07) is 1.67. The average Bonchev–Trinajstić information content (AvgIpc) is 2.88. The first kappa shape index (κ1) is 11.2. The second-order valence-corrected chi connectivity index (χ2v) is 3.67. The van der Waals surface area contributed by atoms with E-state index in [0.717, 1.165) is 0 Å². The third kappa shape index (κ3) is 2.83. The molecule has 7 heteroatoms. The molecule has 1 amide bonds. The van der Waals surface area contributed by atoms with E-state index < -0.39 is 0 Å². The van der Waals surface area contributed by atoms with Crippen LogP contribution in [0.5, 0.6) is 0 Å². The molecule has 0 radical (unpaired) electrons. The maximum atomic E-state index is 11.6. The predicted molar refractivity (Wildman–Crippen MR) is 62.2 cm³/mol. The number of aryl methyl sites for hydroxylation is 1. The zero-order valence-corrected chi connectivity index (χ0v) is 9.50. The fourth-order valence-corrected chi connectivity index (χ4v) is 1.41. The second-order valence-electron chi connectivity index (χ2n) is 3.67. The molecule has 90 valence electrons. The van der Waals surface area contributed by atoms with Crippen molar-refractivity contribution < 1.29 is 4.79 Å². The Morgan fingerprint density at radius 2 is 2.41 bits per heavy atom. The Morgan fingerprint density at radius 3 is 3.00 bits per heavy atom. The highest BCUT2D eigenvalue weighted by Crippen LogP contribution is 1.97. The van der Waals surface area contributed by atoms with E-state index in [0.29, 0.717) is 24.5 Å². The van der Waals surface area contributed by atoms with Crippen molar-refractivity contribution in [2.45, 2.75) is 6.54 Å². The summed E-state index contributed by atoms with van der Waals surface area (Å²) >= 11 is 0. The molecule has 0 aliphatic carbocycles. The number of hydrogen-bond acceptors (Lipinski definition) is 4. The third-order valence-electron chi connectivity index (χ3n) is 2.23. The van der Waals surface area contributed by atoms with Crippen LogP contribution >= 0.6 is 0 Å². The third-order valence-corrected chi connectivity index (χ3v) is 2.23. The molecule has 0 spiro atoms. The van der Waals surface area contributed by atoms with E-state index in [-0.39, 0.29) is 5.91 Å². The van der Waals surface area contributed by atoms with E-state index in [4.69, 9.17) is 5.73 Å². The zero-order chi connectivity index (χ0) is 12.3. The topological polar surface area (TPSA) is 90.8 Å². The molecular formula is C10H14N6O. The van der Waals surface area contributed by atoms with Crippen LogP contribution in [0.3, 0.4) is 0 Å². The van der Waals surface area contributed by atoms with Gasteiger partial charge in [0.1, 0.15) is 5.69 Å². The highest BCUT2D eigenvalue weighted by atomic mass is 16.1. The number of hydrogen-bond donors (Lipinski definition) is 2. The smallest absolute Gasteiger partial charge is 0.271 e. The first-order valence-electron chi connectivity index (χ1n) is 5.21. The lowest BCUT2D eigenvalue weighted by molar-refractivity contribution is 0.0946. The highest BCUT2D eigenvalue weighted by molar-refractivity contribution is 5.92. The van der Waals surface area contributed by atoms with Crippen LogP contribution in [0.25, 0.3) is 0 Å². The summed E-state index contributed by atoms with van der Waals surface area (Å²) in [6.45, 7) is 1.06. The molecule has 0 saturated carbocycles. The van der Waals surface area contributed by atoms with E-state index in [1.165, 1.54) is 0 Å². The summed E-state index contributed by atoms with van der Waals surface area (Å²) in [5, 5.41) is 10.8. The average molecular weight is 234 g/mol. The molecule has 17 heavy (non-hydrogen) atoms. The monoisotopic (exact) mass is 234 g/mol. The molecule has 0 saturated heterocycles. The van der Waals surface area contributed by atoms with E-state index in [1.54, 1.807) is 41.1 Å². The molecule has 0 fully saturated rings. The van der Waals surface area contributed by atoms with Crippen molar-refractivity contribution in [3.8, 4) is 0 Å². The van der Waals surface area contributed by atoms with Gasteiger partial charge < -0.3 is 11.1 Å². The number of carbonyl (C=O) groups excluding carboxylic acids is 1. The lowest BCUT2D eigenvalue weighted by Gasteiger charge is -2.03. The van der Waals surface area contributed by atoms with Crippen molar-refractivity contribution in [3.63, 3.8) is 0 Å². The Balaban J connectivity index is 1.81. The summed E-state index contributed by atoms with van der Waals surface area (Å²) in [5.41, 5.74) is 6.54. The molecule has 0 bridgehead atoms. The molecule has 0 aliphatic rings. The number of aromatic nitrogens is 4. The van der Waals surface area contributed by atoms with Gasteiger partial charge >= 0.3 is 0 Å². The minimum Gasteiger partial charge on any atom is -0.396 e. The Bertz CT molecular complexity index is 514. The summed E-state index contributed by atoms with van der Waals surface area (Å²) < 4.78 is 3.26. The Labute approximate surface area is 98.2 Å². The molecule has 2 aromatic heterocycles. The normalized spacial score (nSPS) is 10.4. The van der Waals surface area contributed by atoms with Gasteiger partial charge in [0.25, 0.3) is 5.91 Å². The molecule has 2 heterocycles. The maximum absolute atomic E-state index is 11.6. The van der Waals surface area contributed by atoms with Crippen LogP contribution in [-0.2, 0) is 13.6 Å². The van der Waals surface area contributed by atoms with Crippen LogP contribution in [0.4, 0.5) is 5.69 Å². The van der Waals surface area contributed by atoms with Crippen LogP contribution in [-0.4, -0.2) is 32.0 Å². The summed E-state index contributed by atoms with van der Waals surface area (Å²) in [4.78, 5) is 11.6. The van der Waals surface area contributed by atoms with Crippen molar-refractivity contribution in [3.05, 3.63) is 30.4 Å². The van der Waals surface area contributed by atoms with Gasteiger partial charge in [-0.25, -0.2) is 0 Å². The van der Waals surface area contributed by atoms with Crippen LogP contribution in [0.1, 0.15) is 10.5 Å². The van der Waals surface area contributed by atoms with Gasteiger partial charge in [0, 0.05) is 26.0 Å². The van der Waals surface area contributed by atoms with Gasteiger partial charge in [-0.05, 0) is 6.07 Å². The van der Waals surface area contributed by atoms with Crippen molar-refractivity contribution >= 4 is 11.6 Å². The minimum absolute atomic E-state index is 0.189.